The quantitative estimate of drug-likeness (QED) is 0.683. The van der Waals surface area contributed by atoms with Crippen LogP contribution in [0.5, 0.6) is 5.75 Å². The van der Waals surface area contributed by atoms with E-state index in [1.165, 1.54) is 7.11 Å². The summed E-state index contributed by atoms with van der Waals surface area (Å²) in [6.07, 6.45) is 1.83. The van der Waals surface area contributed by atoms with Crippen LogP contribution in [0.2, 0.25) is 0 Å². The molecule has 0 aliphatic carbocycles. The van der Waals surface area contributed by atoms with E-state index in [-0.39, 0.29) is 13.2 Å². The first-order valence-electron chi connectivity index (χ1n) is 7.72. The average molecular weight is 351 g/mol. The lowest BCUT2D eigenvalue weighted by Crippen LogP contribution is -2.00. The summed E-state index contributed by atoms with van der Waals surface area (Å²) in [5.41, 5.74) is 2.21. The Balaban J connectivity index is 2.10. The molecule has 0 spiro atoms. The maximum Gasteiger partial charge on any atom is 0.125 e. The predicted molar refractivity (Wildman–Crippen MR) is 100 cm³/mol. The molecule has 0 amide bonds. The number of allylic oxidation sites excluding steroid dienone is 1. The number of nitrogens with zero attached hydrogens (tertiary/aromatic N) is 1. The molecule has 126 valence electrons. The van der Waals surface area contributed by atoms with Crippen LogP contribution in [0.4, 0.5) is 0 Å². The van der Waals surface area contributed by atoms with Gasteiger partial charge >= 0.3 is 0 Å². The van der Waals surface area contributed by atoms with Crippen molar-refractivity contribution in [3.05, 3.63) is 64.0 Å². The summed E-state index contributed by atoms with van der Waals surface area (Å²) in [6, 6.07) is 15.8. The summed E-state index contributed by atoms with van der Waals surface area (Å²) < 4.78 is 6.47. The van der Waals surface area contributed by atoms with E-state index in [1.54, 1.807) is 23.5 Å². The standard InChI is InChI=1S/C20H17NO3S/c1-24-19-9-14(6-16(11-22)18(19)12-23)15(10-21)8-17-7-13-4-2-3-5-20(13)25-17/h2-9,22-23H,11-12H2,1H3/b15-8-. The van der Waals surface area contributed by atoms with Crippen LogP contribution >= 0.6 is 11.3 Å². The van der Waals surface area contributed by atoms with E-state index in [9.17, 15) is 15.5 Å². The number of hydrogen-bond acceptors (Lipinski definition) is 5. The summed E-state index contributed by atoms with van der Waals surface area (Å²) in [4.78, 5) is 0.980. The molecular formula is C20H17NO3S. The molecule has 3 rings (SSSR count). The van der Waals surface area contributed by atoms with Crippen LogP contribution in [0.25, 0.3) is 21.7 Å². The topological polar surface area (TPSA) is 73.5 Å². The highest BCUT2D eigenvalue weighted by Gasteiger charge is 2.13. The summed E-state index contributed by atoms with van der Waals surface area (Å²) in [5.74, 6) is 0.460. The van der Waals surface area contributed by atoms with Crippen molar-refractivity contribution in [3.63, 3.8) is 0 Å². The zero-order valence-electron chi connectivity index (χ0n) is 13.7. The molecule has 25 heavy (non-hydrogen) atoms. The van der Waals surface area contributed by atoms with Gasteiger partial charge in [-0.05, 0) is 46.9 Å². The minimum atomic E-state index is -0.235. The third kappa shape index (κ3) is 3.42. The maximum atomic E-state index is 9.60. The van der Waals surface area contributed by atoms with Gasteiger partial charge in [-0.15, -0.1) is 11.3 Å². The number of benzene rings is 2. The summed E-state index contributed by atoms with van der Waals surface area (Å²) >= 11 is 1.62. The van der Waals surface area contributed by atoms with Crippen molar-refractivity contribution in [1.29, 1.82) is 5.26 Å². The van der Waals surface area contributed by atoms with Crippen molar-refractivity contribution in [2.75, 3.05) is 7.11 Å². The molecule has 0 bridgehead atoms. The summed E-state index contributed by atoms with van der Waals surface area (Å²) in [7, 11) is 1.50. The first-order valence-corrected chi connectivity index (χ1v) is 8.54. The van der Waals surface area contributed by atoms with Crippen LogP contribution in [0.3, 0.4) is 0 Å². The molecule has 0 fully saturated rings. The van der Waals surface area contributed by atoms with E-state index >= 15 is 0 Å². The van der Waals surface area contributed by atoms with Crippen LogP contribution in [0.15, 0.2) is 42.5 Å². The fourth-order valence-corrected chi connectivity index (χ4v) is 3.77. The second kappa shape index (κ2) is 7.49. The molecule has 0 radical (unpaired) electrons. The minimum absolute atomic E-state index is 0.234. The van der Waals surface area contributed by atoms with Gasteiger partial charge in [0.05, 0.1) is 32.0 Å². The third-order valence-electron chi connectivity index (χ3n) is 4.01. The molecular weight excluding hydrogens is 334 g/mol. The fourth-order valence-electron chi connectivity index (χ4n) is 2.76. The van der Waals surface area contributed by atoms with Crippen LogP contribution in [-0.4, -0.2) is 17.3 Å². The zero-order valence-corrected chi connectivity index (χ0v) is 14.5. The molecule has 1 heterocycles. The van der Waals surface area contributed by atoms with E-state index in [4.69, 9.17) is 4.74 Å². The van der Waals surface area contributed by atoms with Gasteiger partial charge in [0, 0.05) is 15.1 Å². The maximum absolute atomic E-state index is 9.60. The Morgan fingerprint density at radius 1 is 1.20 bits per heavy atom. The normalized spacial score (nSPS) is 11.5. The van der Waals surface area contributed by atoms with Gasteiger partial charge in [0.2, 0.25) is 0 Å². The van der Waals surface area contributed by atoms with Gasteiger partial charge in [0.15, 0.2) is 0 Å². The van der Waals surface area contributed by atoms with Gasteiger partial charge in [-0.2, -0.15) is 5.26 Å². The number of ether oxygens (including phenoxy) is 1. The molecule has 2 N–H and O–H groups in total. The Hall–Kier alpha value is -2.65. The van der Waals surface area contributed by atoms with Crippen molar-refractivity contribution in [3.8, 4) is 11.8 Å². The number of methoxy groups -OCH3 is 1. The highest BCUT2D eigenvalue weighted by atomic mass is 32.1. The number of nitriles is 1. The molecule has 0 aliphatic rings. The molecule has 3 aromatic rings. The number of fused-ring (bicyclic) bond motifs is 1. The van der Waals surface area contributed by atoms with Crippen molar-refractivity contribution < 1.29 is 14.9 Å². The van der Waals surface area contributed by atoms with E-state index in [0.717, 1.165) is 15.0 Å². The smallest absolute Gasteiger partial charge is 0.125 e. The van der Waals surface area contributed by atoms with E-state index < -0.39 is 0 Å². The van der Waals surface area contributed by atoms with E-state index in [0.29, 0.717) is 28.0 Å². The zero-order chi connectivity index (χ0) is 17.8. The number of aliphatic hydroxyl groups excluding tert-OH is 2. The van der Waals surface area contributed by atoms with Crippen LogP contribution in [0.1, 0.15) is 21.6 Å². The SMILES string of the molecule is COc1cc(/C(C#N)=C\c2cc3ccccc3s2)cc(CO)c1CO. The molecule has 2 aromatic carbocycles. The Labute approximate surface area is 149 Å². The first-order chi connectivity index (χ1) is 12.2. The van der Waals surface area contributed by atoms with E-state index in [2.05, 4.69) is 6.07 Å². The van der Waals surface area contributed by atoms with Crippen LogP contribution in [0, 0.1) is 11.3 Å². The molecule has 0 aliphatic heterocycles. The third-order valence-corrected chi connectivity index (χ3v) is 5.08. The minimum Gasteiger partial charge on any atom is -0.496 e. The second-order valence-corrected chi connectivity index (χ2v) is 6.60. The number of aliphatic hydroxyl groups is 2. The molecule has 0 saturated carbocycles. The Kier molecular flexibility index (Phi) is 5.15. The average Bonchev–Trinajstić information content (AvgIpc) is 3.07. The van der Waals surface area contributed by atoms with Crippen molar-refractivity contribution in [1.82, 2.24) is 0 Å². The number of rotatable bonds is 5. The molecule has 5 heteroatoms. The van der Waals surface area contributed by atoms with Crippen molar-refractivity contribution >= 4 is 33.1 Å². The Morgan fingerprint density at radius 3 is 2.64 bits per heavy atom. The van der Waals surface area contributed by atoms with Gasteiger partial charge in [-0.1, -0.05) is 18.2 Å². The number of hydrogen-bond donors (Lipinski definition) is 2. The Bertz CT molecular complexity index is 924. The van der Waals surface area contributed by atoms with Crippen LogP contribution in [-0.2, 0) is 13.2 Å². The lowest BCUT2D eigenvalue weighted by Gasteiger charge is -2.13. The van der Waals surface area contributed by atoms with Gasteiger partial charge in [0.25, 0.3) is 0 Å². The highest BCUT2D eigenvalue weighted by Crippen LogP contribution is 2.32. The van der Waals surface area contributed by atoms with Crippen molar-refractivity contribution in [2.45, 2.75) is 13.2 Å². The molecule has 0 unspecified atom stereocenters. The van der Waals surface area contributed by atoms with Gasteiger partial charge < -0.3 is 14.9 Å². The predicted octanol–water partition coefficient (Wildman–Crippen LogP) is 3.96. The van der Waals surface area contributed by atoms with Crippen LogP contribution < -0.4 is 4.74 Å². The van der Waals surface area contributed by atoms with Gasteiger partial charge in [-0.3, -0.25) is 0 Å². The van der Waals surface area contributed by atoms with E-state index in [1.807, 2.05) is 36.4 Å². The summed E-state index contributed by atoms with van der Waals surface area (Å²) in [6.45, 7) is -0.469. The second-order valence-electron chi connectivity index (χ2n) is 5.49. The monoisotopic (exact) mass is 351 g/mol. The lowest BCUT2D eigenvalue weighted by molar-refractivity contribution is 0.254. The van der Waals surface area contributed by atoms with Gasteiger partial charge in [-0.25, -0.2) is 0 Å². The van der Waals surface area contributed by atoms with Gasteiger partial charge in [0.1, 0.15) is 5.75 Å². The van der Waals surface area contributed by atoms with Crippen molar-refractivity contribution in [2.24, 2.45) is 0 Å². The molecule has 4 nitrogen and oxygen atoms in total. The summed E-state index contributed by atoms with van der Waals surface area (Å²) in [5, 5.41) is 29.8. The number of thiophene rings is 1. The Morgan fingerprint density at radius 2 is 2.00 bits per heavy atom. The lowest BCUT2D eigenvalue weighted by atomic mass is 9.98. The molecule has 1 aromatic heterocycles. The molecule has 0 saturated heterocycles. The molecule has 0 atom stereocenters. The first kappa shape index (κ1) is 17.2. The highest BCUT2D eigenvalue weighted by molar-refractivity contribution is 7.19. The fraction of sp³-hybridized carbons (Fsp3) is 0.150. The largest absolute Gasteiger partial charge is 0.496 e.